The molecule has 0 aliphatic carbocycles. The predicted molar refractivity (Wildman–Crippen MR) is 104 cm³/mol. The summed E-state index contributed by atoms with van der Waals surface area (Å²) in [5.41, 5.74) is 4.41. The summed E-state index contributed by atoms with van der Waals surface area (Å²) in [7, 11) is 5.19. The van der Waals surface area contributed by atoms with E-state index in [0.717, 1.165) is 22.3 Å². The fourth-order valence-corrected chi connectivity index (χ4v) is 3.20. The van der Waals surface area contributed by atoms with Crippen LogP contribution in [0.2, 0.25) is 0 Å². The maximum atomic E-state index is 13.1. The Morgan fingerprint density at radius 1 is 1.19 bits per heavy atom. The number of fused-ring (bicyclic) bond motifs is 1. The van der Waals surface area contributed by atoms with Gasteiger partial charge in [-0.15, -0.1) is 0 Å². The highest BCUT2D eigenvalue weighted by Gasteiger charge is 2.20. The van der Waals surface area contributed by atoms with Gasteiger partial charge in [-0.3, -0.25) is 14.3 Å². The number of pyridine rings is 1. The Kier molecular flexibility index (Phi) is 4.94. The molecule has 7 heteroatoms. The SMILES string of the molecule is CNC(=O)c1ccc(CN(C)C(=O)c2cc(C)nc3c2c(C)nn3C)cc1. The van der Waals surface area contributed by atoms with Crippen molar-refractivity contribution in [2.45, 2.75) is 20.4 Å². The molecule has 7 nitrogen and oxygen atoms in total. The van der Waals surface area contributed by atoms with Crippen LogP contribution in [0.25, 0.3) is 11.0 Å². The highest BCUT2D eigenvalue weighted by atomic mass is 16.2. The van der Waals surface area contributed by atoms with Crippen molar-refractivity contribution >= 4 is 22.8 Å². The normalized spacial score (nSPS) is 10.9. The van der Waals surface area contributed by atoms with Gasteiger partial charge in [0.25, 0.3) is 11.8 Å². The Bertz CT molecular complexity index is 1020. The first-order valence-electron chi connectivity index (χ1n) is 8.69. The molecular weight excluding hydrogens is 342 g/mol. The number of benzene rings is 1. The summed E-state index contributed by atoms with van der Waals surface area (Å²) in [4.78, 5) is 30.9. The van der Waals surface area contributed by atoms with Crippen molar-refractivity contribution in [1.29, 1.82) is 0 Å². The third kappa shape index (κ3) is 3.53. The highest BCUT2D eigenvalue weighted by molar-refractivity contribution is 6.06. The van der Waals surface area contributed by atoms with Gasteiger partial charge >= 0.3 is 0 Å². The van der Waals surface area contributed by atoms with Crippen LogP contribution in [0.5, 0.6) is 0 Å². The van der Waals surface area contributed by atoms with E-state index in [4.69, 9.17) is 0 Å². The van der Waals surface area contributed by atoms with Crippen LogP contribution in [-0.4, -0.2) is 45.6 Å². The van der Waals surface area contributed by atoms with Gasteiger partial charge in [0.15, 0.2) is 5.65 Å². The summed E-state index contributed by atoms with van der Waals surface area (Å²) in [6, 6.07) is 9.04. The zero-order valence-corrected chi connectivity index (χ0v) is 16.2. The van der Waals surface area contributed by atoms with Crippen LogP contribution >= 0.6 is 0 Å². The molecule has 0 atom stereocenters. The molecule has 1 aromatic carbocycles. The Labute approximate surface area is 158 Å². The molecule has 2 amide bonds. The minimum absolute atomic E-state index is 0.0861. The summed E-state index contributed by atoms with van der Waals surface area (Å²) in [6.45, 7) is 4.19. The zero-order chi connectivity index (χ0) is 19.7. The molecular formula is C20H23N5O2. The third-order valence-corrected chi connectivity index (χ3v) is 4.54. The molecule has 0 spiro atoms. The zero-order valence-electron chi connectivity index (χ0n) is 16.2. The van der Waals surface area contributed by atoms with Gasteiger partial charge in [-0.2, -0.15) is 5.10 Å². The van der Waals surface area contributed by atoms with E-state index in [1.54, 1.807) is 35.8 Å². The minimum Gasteiger partial charge on any atom is -0.355 e. The summed E-state index contributed by atoms with van der Waals surface area (Å²) < 4.78 is 1.70. The second-order valence-corrected chi connectivity index (χ2v) is 6.66. The second kappa shape index (κ2) is 7.19. The summed E-state index contributed by atoms with van der Waals surface area (Å²) >= 11 is 0. The van der Waals surface area contributed by atoms with Crippen molar-refractivity contribution in [2.24, 2.45) is 7.05 Å². The monoisotopic (exact) mass is 365 g/mol. The maximum absolute atomic E-state index is 13.1. The van der Waals surface area contributed by atoms with Gasteiger partial charge in [-0.1, -0.05) is 12.1 Å². The lowest BCUT2D eigenvalue weighted by atomic mass is 10.1. The number of nitrogens with zero attached hydrogens (tertiary/aromatic N) is 4. The number of rotatable bonds is 4. The molecule has 0 fully saturated rings. The number of hydrogen-bond donors (Lipinski definition) is 1. The van der Waals surface area contributed by atoms with Crippen LogP contribution in [0.15, 0.2) is 30.3 Å². The lowest BCUT2D eigenvalue weighted by molar-refractivity contribution is 0.0786. The molecule has 3 aromatic rings. The average Bonchev–Trinajstić information content (AvgIpc) is 2.94. The Hall–Kier alpha value is -3.22. The van der Waals surface area contributed by atoms with Gasteiger partial charge in [0.2, 0.25) is 0 Å². The van der Waals surface area contributed by atoms with E-state index >= 15 is 0 Å². The van der Waals surface area contributed by atoms with Crippen LogP contribution in [0, 0.1) is 13.8 Å². The Balaban J connectivity index is 1.88. The van der Waals surface area contributed by atoms with Gasteiger partial charge in [0, 0.05) is 38.9 Å². The molecule has 0 bridgehead atoms. The smallest absolute Gasteiger partial charge is 0.254 e. The first-order chi connectivity index (χ1) is 12.8. The van der Waals surface area contributed by atoms with Crippen molar-refractivity contribution in [3.8, 4) is 0 Å². The van der Waals surface area contributed by atoms with Crippen molar-refractivity contribution in [1.82, 2.24) is 25.0 Å². The summed E-state index contributed by atoms with van der Waals surface area (Å²) in [5.74, 6) is -0.218. The molecule has 0 radical (unpaired) electrons. The first kappa shape index (κ1) is 18.6. The van der Waals surface area contributed by atoms with Crippen LogP contribution in [0.3, 0.4) is 0 Å². The number of carbonyl (C=O) groups is 2. The Morgan fingerprint density at radius 2 is 1.85 bits per heavy atom. The van der Waals surface area contributed by atoms with Crippen molar-refractivity contribution in [3.63, 3.8) is 0 Å². The summed E-state index contributed by atoms with van der Waals surface area (Å²) in [6.07, 6.45) is 0. The fourth-order valence-electron chi connectivity index (χ4n) is 3.20. The number of aryl methyl sites for hydroxylation is 3. The summed E-state index contributed by atoms with van der Waals surface area (Å²) in [5, 5.41) is 7.78. The molecule has 0 saturated heterocycles. The van der Waals surface area contributed by atoms with E-state index < -0.39 is 0 Å². The lowest BCUT2D eigenvalue weighted by Gasteiger charge is -2.18. The van der Waals surface area contributed by atoms with Gasteiger partial charge in [0.05, 0.1) is 16.6 Å². The maximum Gasteiger partial charge on any atom is 0.254 e. The second-order valence-electron chi connectivity index (χ2n) is 6.66. The van der Waals surface area contributed by atoms with Gasteiger partial charge in [0.1, 0.15) is 0 Å². The molecule has 3 rings (SSSR count). The van der Waals surface area contributed by atoms with E-state index in [1.165, 1.54) is 0 Å². The van der Waals surface area contributed by atoms with Gasteiger partial charge < -0.3 is 10.2 Å². The molecule has 27 heavy (non-hydrogen) atoms. The third-order valence-electron chi connectivity index (χ3n) is 4.54. The predicted octanol–water partition coefficient (Wildman–Crippen LogP) is 2.22. The van der Waals surface area contributed by atoms with Crippen molar-refractivity contribution in [2.75, 3.05) is 14.1 Å². The first-order valence-corrected chi connectivity index (χ1v) is 8.69. The Morgan fingerprint density at radius 3 is 2.48 bits per heavy atom. The molecule has 0 unspecified atom stereocenters. The topological polar surface area (TPSA) is 80.1 Å². The number of carbonyl (C=O) groups excluding carboxylic acids is 2. The molecule has 0 saturated carbocycles. The van der Waals surface area contributed by atoms with Crippen LogP contribution < -0.4 is 5.32 Å². The molecule has 2 heterocycles. The largest absolute Gasteiger partial charge is 0.355 e. The van der Waals surface area contributed by atoms with E-state index in [9.17, 15) is 9.59 Å². The average molecular weight is 365 g/mol. The molecule has 0 aliphatic rings. The lowest BCUT2D eigenvalue weighted by Crippen LogP contribution is -2.26. The number of aromatic nitrogens is 3. The van der Waals surface area contributed by atoms with Gasteiger partial charge in [-0.25, -0.2) is 4.98 Å². The van der Waals surface area contributed by atoms with Crippen molar-refractivity contribution in [3.05, 3.63) is 58.4 Å². The van der Waals surface area contributed by atoms with Crippen LogP contribution in [0.4, 0.5) is 0 Å². The number of amides is 2. The van der Waals surface area contributed by atoms with E-state index in [0.29, 0.717) is 23.3 Å². The van der Waals surface area contributed by atoms with Gasteiger partial charge in [-0.05, 0) is 37.6 Å². The highest BCUT2D eigenvalue weighted by Crippen LogP contribution is 2.23. The molecule has 0 aliphatic heterocycles. The quantitative estimate of drug-likeness (QED) is 0.769. The molecule has 2 aromatic heterocycles. The molecule has 1 N–H and O–H groups in total. The van der Waals surface area contributed by atoms with E-state index in [-0.39, 0.29) is 11.8 Å². The number of hydrogen-bond acceptors (Lipinski definition) is 4. The minimum atomic E-state index is -0.132. The standard InChI is InChI=1S/C20H23N5O2/c1-12-10-16(17-13(2)23-25(5)18(17)22-12)20(27)24(4)11-14-6-8-15(9-7-14)19(26)21-3/h6-10H,11H2,1-5H3,(H,21,26). The van der Waals surface area contributed by atoms with Crippen LogP contribution in [0.1, 0.15) is 37.7 Å². The van der Waals surface area contributed by atoms with E-state index in [1.807, 2.05) is 39.1 Å². The van der Waals surface area contributed by atoms with E-state index in [2.05, 4.69) is 15.4 Å². The fraction of sp³-hybridized carbons (Fsp3) is 0.300. The molecule has 140 valence electrons. The number of nitrogens with one attached hydrogen (secondary N) is 1. The van der Waals surface area contributed by atoms with Crippen LogP contribution in [-0.2, 0) is 13.6 Å². The van der Waals surface area contributed by atoms with Crippen molar-refractivity contribution < 1.29 is 9.59 Å².